The predicted molar refractivity (Wildman–Crippen MR) is 77.4 cm³/mol. The van der Waals surface area contributed by atoms with E-state index >= 15 is 0 Å². The summed E-state index contributed by atoms with van der Waals surface area (Å²) in [7, 11) is 0. The number of thiazole rings is 1. The quantitative estimate of drug-likeness (QED) is 0.862. The van der Waals surface area contributed by atoms with Crippen LogP contribution in [0.25, 0.3) is 11.3 Å². The molecule has 0 fully saturated rings. The number of carbonyl (C=O) groups is 2. The van der Waals surface area contributed by atoms with Crippen LogP contribution in [-0.4, -0.2) is 23.5 Å². The van der Waals surface area contributed by atoms with Crippen LogP contribution in [0.15, 0.2) is 29.6 Å². The summed E-state index contributed by atoms with van der Waals surface area (Å²) in [4.78, 5) is 26.7. The first-order valence-corrected chi connectivity index (χ1v) is 7.13. The number of benzene rings is 1. The normalized spacial score (nSPS) is 10.2. The third-order valence-corrected chi connectivity index (χ3v) is 3.30. The fraction of sp³-hybridized carbons (Fsp3) is 0.214. The van der Waals surface area contributed by atoms with Gasteiger partial charge in [0, 0.05) is 17.4 Å². The van der Waals surface area contributed by atoms with E-state index in [9.17, 15) is 14.0 Å². The van der Waals surface area contributed by atoms with Crippen LogP contribution in [0.4, 0.5) is 9.52 Å². The molecule has 2 aromatic rings. The Bertz CT molecular complexity index is 640. The summed E-state index contributed by atoms with van der Waals surface area (Å²) < 4.78 is 17.6. The van der Waals surface area contributed by atoms with Crippen LogP contribution in [-0.2, 0) is 14.3 Å². The SMILES string of the molecule is CCC(=O)OCC(=O)Nc1nc(-c2ccc(F)cc2)cs1. The summed E-state index contributed by atoms with van der Waals surface area (Å²) in [6.07, 6.45) is 0.221. The van der Waals surface area contributed by atoms with Crippen LogP contribution in [0.5, 0.6) is 0 Å². The molecule has 1 amide bonds. The van der Waals surface area contributed by atoms with Gasteiger partial charge >= 0.3 is 5.97 Å². The first-order valence-electron chi connectivity index (χ1n) is 6.25. The number of nitrogens with one attached hydrogen (secondary N) is 1. The van der Waals surface area contributed by atoms with E-state index in [0.717, 1.165) is 5.56 Å². The number of hydrogen-bond donors (Lipinski definition) is 1. The second-order valence-corrected chi connectivity index (χ2v) is 4.97. The number of rotatable bonds is 5. The third-order valence-electron chi connectivity index (χ3n) is 2.54. The maximum Gasteiger partial charge on any atom is 0.306 e. The number of esters is 1. The number of aromatic nitrogens is 1. The van der Waals surface area contributed by atoms with Gasteiger partial charge in [-0.2, -0.15) is 0 Å². The maximum absolute atomic E-state index is 12.8. The molecule has 0 aliphatic heterocycles. The Labute approximate surface area is 124 Å². The molecule has 1 heterocycles. The van der Waals surface area contributed by atoms with Gasteiger partial charge in [0.05, 0.1) is 5.69 Å². The van der Waals surface area contributed by atoms with Gasteiger partial charge in [-0.05, 0) is 24.3 Å². The van der Waals surface area contributed by atoms with Gasteiger partial charge in [0.1, 0.15) is 5.82 Å². The van der Waals surface area contributed by atoms with Crippen molar-refractivity contribution < 1.29 is 18.7 Å². The molecule has 7 heteroatoms. The van der Waals surface area contributed by atoms with Gasteiger partial charge in [-0.1, -0.05) is 6.92 Å². The van der Waals surface area contributed by atoms with Gasteiger partial charge in [0.15, 0.2) is 11.7 Å². The summed E-state index contributed by atoms with van der Waals surface area (Å²) in [5.41, 5.74) is 1.39. The molecule has 0 atom stereocenters. The molecule has 110 valence electrons. The average molecular weight is 308 g/mol. The largest absolute Gasteiger partial charge is 0.456 e. The van der Waals surface area contributed by atoms with E-state index in [4.69, 9.17) is 4.74 Å². The van der Waals surface area contributed by atoms with E-state index in [-0.39, 0.29) is 18.8 Å². The Kier molecular flexibility index (Phi) is 4.99. The summed E-state index contributed by atoms with van der Waals surface area (Å²) in [5.74, 6) is -1.20. The highest BCUT2D eigenvalue weighted by atomic mass is 32.1. The fourth-order valence-corrected chi connectivity index (χ4v) is 2.22. The maximum atomic E-state index is 12.8. The highest BCUT2D eigenvalue weighted by Gasteiger charge is 2.10. The van der Waals surface area contributed by atoms with E-state index in [0.29, 0.717) is 10.8 Å². The molecule has 1 N–H and O–H groups in total. The molecule has 0 aliphatic rings. The van der Waals surface area contributed by atoms with Crippen molar-refractivity contribution in [3.63, 3.8) is 0 Å². The van der Waals surface area contributed by atoms with E-state index in [1.165, 1.54) is 23.5 Å². The van der Waals surface area contributed by atoms with Crippen molar-refractivity contribution >= 4 is 28.3 Å². The summed E-state index contributed by atoms with van der Waals surface area (Å²) in [6, 6.07) is 5.91. The summed E-state index contributed by atoms with van der Waals surface area (Å²) in [5, 5.41) is 4.69. The molecular formula is C14H13FN2O3S. The van der Waals surface area contributed by atoms with Gasteiger partial charge < -0.3 is 4.74 Å². The van der Waals surface area contributed by atoms with Crippen molar-refractivity contribution in [2.24, 2.45) is 0 Å². The lowest BCUT2D eigenvalue weighted by molar-refractivity contribution is -0.146. The van der Waals surface area contributed by atoms with Gasteiger partial charge in [0.2, 0.25) is 0 Å². The topological polar surface area (TPSA) is 68.3 Å². The second kappa shape index (κ2) is 6.94. The molecule has 5 nitrogen and oxygen atoms in total. The van der Waals surface area contributed by atoms with Crippen LogP contribution < -0.4 is 5.32 Å². The van der Waals surface area contributed by atoms with Gasteiger partial charge in [0.25, 0.3) is 5.91 Å². The van der Waals surface area contributed by atoms with Crippen molar-refractivity contribution in [3.8, 4) is 11.3 Å². The standard InChI is InChI=1S/C14H13FN2O3S/c1-2-13(19)20-7-12(18)17-14-16-11(8-21-14)9-3-5-10(15)6-4-9/h3-6,8H,2,7H2,1H3,(H,16,17,18). The minimum absolute atomic E-state index is 0.221. The second-order valence-electron chi connectivity index (χ2n) is 4.11. The van der Waals surface area contributed by atoms with Gasteiger partial charge in [-0.3, -0.25) is 14.9 Å². The smallest absolute Gasteiger partial charge is 0.306 e. The van der Waals surface area contributed by atoms with Crippen molar-refractivity contribution in [2.45, 2.75) is 13.3 Å². The highest BCUT2D eigenvalue weighted by molar-refractivity contribution is 7.14. The molecule has 0 saturated carbocycles. The fourth-order valence-electron chi connectivity index (χ4n) is 1.49. The van der Waals surface area contributed by atoms with Crippen LogP contribution in [0, 0.1) is 5.82 Å². The molecule has 0 saturated heterocycles. The van der Waals surface area contributed by atoms with Crippen LogP contribution in [0.3, 0.4) is 0 Å². The van der Waals surface area contributed by atoms with E-state index < -0.39 is 11.9 Å². The zero-order chi connectivity index (χ0) is 15.2. The minimum atomic E-state index is -0.447. The Morgan fingerprint density at radius 1 is 1.33 bits per heavy atom. The van der Waals surface area contributed by atoms with Gasteiger partial charge in [-0.25, -0.2) is 9.37 Å². The van der Waals surface area contributed by atoms with E-state index in [1.807, 2.05) is 0 Å². The lowest BCUT2D eigenvalue weighted by Gasteiger charge is -2.02. The van der Waals surface area contributed by atoms with Crippen molar-refractivity contribution in [3.05, 3.63) is 35.5 Å². The van der Waals surface area contributed by atoms with Gasteiger partial charge in [-0.15, -0.1) is 11.3 Å². The molecule has 0 bridgehead atoms. The first kappa shape index (κ1) is 15.1. The summed E-state index contributed by atoms with van der Waals surface area (Å²) in [6.45, 7) is 1.31. The molecule has 21 heavy (non-hydrogen) atoms. The zero-order valence-corrected chi connectivity index (χ0v) is 12.1. The van der Waals surface area contributed by atoms with Crippen LogP contribution in [0.1, 0.15) is 13.3 Å². The lowest BCUT2D eigenvalue weighted by Crippen LogP contribution is -2.20. The predicted octanol–water partition coefficient (Wildman–Crippen LogP) is 2.84. The molecule has 1 aromatic heterocycles. The molecule has 0 unspecified atom stereocenters. The van der Waals surface area contributed by atoms with Crippen LogP contribution in [0.2, 0.25) is 0 Å². The van der Waals surface area contributed by atoms with Crippen molar-refractivity contribution in [1.82, 2.24) is 4.98 Å². The Balaban J connectivity index is 1.95. The lowest BCUT2D eigenvalue weighted by atomic mass is 10.2. The molecule has 0 spiro atoms. The summed E-state index contributed by atoms with van der Waals surface area (Å²) >= 11 is 1.24. The number of hydrogen-bond acceptors (Lipinski definition) is 5. The monoisotopic (exact) mass is 308 g/mol. The molecule has 0 aliphatic carbocycles. The third kappa shape index (κ3) is 4.35. The Morgan fingerprint density at radius 3 is 2.71 bits per heavy atom. The zero-order valence-electron chi connectivity index (χ0n) is 11.3. The average Bonchev–Trinajstić information content (AvgIpc) is 2.94. The van der Waals surface area contributed by atoms with E-state index in [2.05, 4.69) is 10.3 Å². The molecular weight excluding hydrogens is 295 g/mol. The molecule has 1 aromatic carbocycles. The van der Waals surface area contributed by atoms with E-state index in [1.54, 1.807) is 24.4 Å². The number of amides is 1. The number of ether oxygens (including phenoxy) is 1. The highest BCUT2D eigenvalue weighted by Crippen LogP contribution is 2.24. The minimum Gasteiger partial charge on any atom is -0.456 e. The van der Waals surface area contributed by atoms with Crippen molar-refractivity contribution in [1.29, 1.82) is 0 Å². The van der Waals surface area contributed by atoms with Crippen LogP contribution >= 0.6 is 11.3 Å². The first-order chi connectivity index (χ1) is 10.1. The number of carbonyl (C=O) groups excluding carboxylic acids is 2. The van der Waals surface area contributed by atoms with Crippen molar-refractivity contribution in [2.75, 3.05) is 11.9 Å². The molecule has 2 rings (SSSR count). The number of anilines is 1. The Hall–Kier alpha value is -2.28. The number of halogens is 1. The Morgan fingerprint density at radius 2 is 2.05 bits per heavy atom. The number of nitrogens with zero attached hydrogens (tertiary/aromatic N) is 1. The molecule has 0 radical (unpaired) electrons.